The lowest BCUT2D eigenvalue weighted by atomic mass is 9.84. The van der Waals surface area contributed by atoms with Crippen LogP contribution < -0.4 is 11.1 Å². The normalized spacial score (nSPS) is 13.1. The number of hydrogen-bond donors (Lipinski definition) is 2. The van der Waals surface area contributed by atoms with Crippen molar-refractivity contribution >= 4 is 11.6 Å². The molecule has 0 aromatic heterocycles. The number of nitrogens with two attached hydrogens (primary N) is 1. The summed E-state index contributed by atoms with van der Waals surface area (Å²) >= 11 is 0. The Morgan fingerprint density at radius 2 is 1.95 bits per heavy atom. The molecule has 0 saturated carbocycles. The minimum atomic E-state index is -0.135. The molecule has 3 N–H and O–H groups in total. The zero-order chi connectivity index (χ0) is 15.2. The molecule has 0 fully saturated rings. The summed E-state index contributed by atoms with van der Waals surface area (Å²) in [5.41, 5.74) is 7.98. The molecule has 1 unspecified atom stereocenters. The van der Waals surface area contributed by atoms with Gasteiger partial charge in [0, 0.05) is 12.2 Å². The Labute approximate surface area is 122 Å². The Morgan fingerprint density at radius 1 is 1.30 bits per heavy atom. The van der Waals surface area contributed by atoms with Crippen LogP contribution in [-0.4, -0.2) is 12.5 Å². The molecule has 3 nitrogen and oxygen atoms in total. The first kappa shape index (κ1) is 16.7. The molecular weight excluding hydrogens is 248 g/mol. The van der Waals surface area contributed by atoms with Gasteiger partial charge in [0.15, 0.2) is 0 Å². The molecule has 1 atom stereocenters. The number of aryl methyl sites for hydroxylation is 1. The molecule has 0 bridgehead atoms. The molecule has 0 heterocycles. The molecule has 1 amide bonds. The molecule has 0 aliphatic carbocycles. The molecule has 1 rings (SSSR count). The maximum atomic E-state index is 12.4. The Kier molecular flexibility index (Phi) is 6.21. The van der Waals surface area contributed by atoms with Crippen molar-refractivity contribution in [3.63, 3.8) is 0 Å². The van der Waals surface area contributed by atoms with Gasteiger partial charge in [0.1, 0.15) is 0 Å². The van der Waals surface area contributed by atoms with E-state index in [0.29, 0.717) is 6.54 Å². The highest BCUT2D eigenvalue weighted by molar-refractivity contribution is 5.93. The van der Waals surface area contributed by atoms with Crippen molar-refractivity contribution in [2.75, 3.05) is 11.9 Å². The fourth-order valence-electron chi connectivity index (χ4n) is 2.39. The Bertz CT molecular complexity index is 435. The molecule has 1 aromatic carbocycles. The Morgan fingerprint density at radius 3 is 2.50 bits per heavy atom. The van der Waals surface area contributed by atoms with E-state index in [-0.39, 0.29) is 17.2 Å². The van der Waals surface area contributed by atoms with Crippen LogP contribution in [0.15, 0.2) is 24.3 Å². The standard InChI is InChI=1S/C17H28N2O/c1-5-8-13-9-6-7-10-15(13)19-16(20)14(12-18)11-17(2,3)4/h6-7,9-10,14H,5,8,11-12,18H2,1-4H3,(H,19,20). The van der Waals surface area contributed by atoms with E-state index in [2.05, 4.69) is 39.1 Å². The smallest absolute Gasteiger partial charge is 0.228 e. The number of carbonyl (C=O) groups is 1. The molecule has 0 aliphatic heterocycles. The van der Waals surface area contributed by atoms with Crippen molar-refractivity contribution in [1.29, 1.82) is 0 Å². The second-order valence-corrected chi connectivity index (χ2v) is 6.59. The fraction of sp³-hybridized carbons (Fsp3) is 0.588. The van der Waals surface area contributed by atoms with Crippen LogP contribution in [0.25, 0.3) is 0 Å². The van der Waals surface area contributed by atoms with Gasteiger partial charge in [-0.3, -0.25) is 4.79 Å². The van der Waals surface area contributed by atoms with Crippen molar-refractivity contribution in [2.24, 2.45) is 17.1 Å². The minimum Gasteiger partial charge on any atom is -0.330 e. The van der Waals surface area contributed by atoms with Gasteiger partial charge in [-0.15, -0.1) is 0 Å². The van der Waals surface area contributed by atoms with Gasteiger partial charge in [-0.1, -0.05) is 52.3 Å². The summed E-state index contributed by atoms with van der Waals surface area (Å²) < 4.78 is 0. The van der Waals surface area contributed by atoms with Gasteiger partial charge in [-0.25, -0.2) is 0 Å². The molecule has 0 spiro atoms. The topological polar surface area (TPSA) is 55.1 Å². The third kappa shape index (κ3) is 5.33. The summed E-state index contributed by atoms with van der Waals surface area (Å²) in [6.45, 7) is 8.93. The number of hydrogen-bond acceptors (Lipinski definition) is 2. The number of nitrogens with one attached hydrogen (secondary N) is 1. The van der Waals surface area contributed by atoms with Crippen LogP contribution in [-0.2, 0) is 11.2 Å². The van der Waals surface area contributed by atoms with Crippen LogP contribution in [0, 0.1) is 11.3 Å². The highest BCUT2D eigenvalue weighted by atomic mass is 16.1. The fourth-order valence-corrected chi connectivity index (χ4v) is 2.39. The van der Waals surface area contributed by atoms with Crippen molar-refractivity contribution in [3.8, 4) is 0 Å². The SMILES string of the molecule is CCCc1ccccc1NC(=O)C(CN)CC(C)(C)C. The zero-order valence-electron chi connectivity index (χ0n) is 13.2. The van der Waals surface area contributed by atoms with E-state index in [1.165, 1.54) is 5.56 Å². The third-order valence-electron chi connectivity index (χ3n) is 3.31. The Balaban J connectivity index is 2.78. The van der Waals surface area contributed by atoms with E-state index in [0.717, 1.165) is 24.9 Å². The van der Waals surface area contributed by atoms with Gasteiger partial charge in [-0.05, 0) is 29.9 Å². The maximum Gasteiger partial charge on any atom is 0.228 e. The summed E-state index contributed by atoms with van der Waals surface area (Å²) in [5.74, 6) is -0.101. The van der Waals surface area contributed by atoms with Crippen molar-refractivity contribution in [2.45, 2.75) is 47.0 Å². The van der Waals surface area contributed by atoms with Gasteiger partial charge < -0.3 is 11.1 Å². The van der Waals surface area contributed by atoms with Gasteiger partial charge in [0.2, 0.25) is 5.91 Å². The first-order chi connectivity index (χ1) is 9.37. The number of para-hydroxylation sites is 1. The van der Waals surface area contributed by atoms with Crippen LogP contribution >= 0.6 is 0 Å². The summed E-state index contributed by atoms with van der Waals surface area (Å²) in [7, 11) is 0. The first-order valence-corrected chi connectivity index (χ1v) is 7.46. The lowest BCUT2D eigenvalue weighted by molar-refractivity contribution is -0.120. The van der Waals surface area contributed by atoms with Gasteiger partial charge in [0.05, 0.1) is 5.92 Å². The first-order valence-electron chi connectivity index (χ1n) is 7.46. The highest BCUT2D eigenvalue weighted by Crippen LogP contribution is 2.25. The van der Waals surface area contributed by atoms with Crippen LogP contribution in [0.5, 0.6) is 0 Å². The second-order valence-electron chi connectivity index (χ2n) is 6.59. The number of carbonyl (C=O) groups excluding carboxylic acids is 1. The van der Waals surface area contributed by atoms with E-state index in [4.69, 9.17) is 5.73 Å². The summed E-state index contributed by atoms with van der Waals surface area (Å²) in [6, 6.07) is 8.00. The predicted octanol–water partition coefficient (Wildman–Crippen LogP) is 3.59. The van der Waals surface area contributed by atoms with Crippen LogP contribution in [0.1, 0.15) is 46.1 Å². The summed E-state index contributed by atoms with van der Waals surface area (Å²) in [5, 5.41) is 3.05. The Hall–Kier alpha value is -1.35. The largest absolute Gasteiger partial charge is 0.330 e. The molecule has 0 radical (unpaired) electrons. The maximum absolute atomic E-state index is 12.4. The average Bonchev–Trinajstić information content (AvgIpc) is 2.37. The molecular formula is C17H28N2O. The predicted molar refractivity (Wildman–Crippen MR) is 85.7 cm³/mol. The van der Waals surface area contributed by atoms with Gasteiger partial charge in [0.25, 0.3) is 0 Å². The van der Waals surface area contributed by atoms with Gasteiger partial charge in [-0.2, -0.15) is 0 Å². The van der Waals surface area contributed by atoms with E-state index in [1.54, 1.807) is 0 Å². The molecule has 0 aliphatic rings. The minimum absolute atomic E-state index is 0.0333. The lowest BCUT2D eigenvalue weighted by Gasteiger charge is -2.24. The van der Waals surface area contributed by atoms with Crippen LogP contribution in [0.3, 0.4) is 0 Å². The molecule has 1 aromatic rings. The molecule has 20 heavy (non-hydrogen) atoms. The second kappa shape index (κ2) is 7.44. The molecule has 112 valence electrons. The quantitative estimate of drug-likeness (QED) is 0.834. The zero-order valence-corrected chi connectivity index (χ0v) is 13.2. The number of rotatable bonds is 6. The van der Waals surface area contributed by atoms with E-state index in [1.807, 2.05) is 18.2 Å². The number of anilines is 1. The summed E-state index contributed by atoms with van der Waals surface area (Å²) in [4.78, 5) is 12.4. The molecule has 0 saturated heterocycles. The highest BCUT2D eigenvalue weighted by Gasteiger charge is 2.24. The van der Waals surface area contributed by atoms with Crippen LogP contribution in [0.2, 0.25) is 0 Å². The number of amides is 1. The van der Waals surface area contributed by atoms with Crippen molar-refractivity contribution in [1.82, 2.24) is 0 Å². The van der Waals surface area contributed by atoms with Crippen LogP contribution in [0.4, 0.5) is 5.69 Å². The van der Waals surface area contributed by atoms with Gasteiger partial charge >= 0.3 is 0 Å². The third-order valence-corrected chi connectivity index (χ3v) is 3.31. The van der Waals surface area contributed by atoms with Crippen molar-refractivity contribution < 1.29 is 4.79 Å². The monoisotopic (exact) mass is 276 g/mol. The number of benzene rings is 1. The van der Waals surface area contributed by atoms with E-state index in [9.17, 15) is 4.79 Å². The van der Waals surface area contributed by atoms with Crippen molar-refractivity contribution in [3.05, 3.63) is 29.8 Å². The molecule has 3 heteroatoms. The van der Waals surface area contributed by atoms with E-state index < -0.39 is 0 Å². The lowest BCUT2D eigenvalue weighted by Crippen LogP contribution is -2.32. The van der Waals surface area contributed by atoms with E-state index >= 15 is 0 Å². The average molecular weight is 276 g/mol. The summed E-state index contributed by atoms with van der Waals surface area (Å²) in [6.07, 6.45) is 2.84.